The van der Waals surface area contributed by atoms with Gasteiger partial charge in [-0.25, -0.2) is 22.8 Å². The molecule has 0 aliphatic rings. The van der Waals surface area contributed by atoms with E-state index in [0.29, 0.717) is 23.4 Å². The summed E-state index contributed by atoms with van der Waals surface area (Å²) in [5, 5.41) is 38.4. The Hall–Kier alpha value is -6.55. The summed E-state index contributed by atoms with van der Waals surface area (Å²) >= 11 is 0. The number of aromatic carboxylic acids is 2. The Morgan fingerprint density at radius 1 is 0.784 bits per heavy atom. The summed E-state index contributed by atoms with van der Waals surface area (Å²) < 4.78 is 62.9. The Labute approximate surface area is 287 Å². The highest BCUT2D eigenvalue weighted by molar-refractivity contribution is 7.91. The molecule has 0 saturated carbocycles. The van der Waals surface area contributed by atoms with Crippen LogP contribution in [0.4, 0.5) is 24.5 Å². The number of fused-ring (bicyclic) bond motifs is 1. The summed E-state index contributed by atoms with van der Waals surface area (Å²) in [7, 11) is -3.52. The molecule has 0 aliphatic carbocycles. The van der Waals surface area contributed by atoms with Crippen molar-refractivity contribution < 1.29 is 56.2 Å². The zero-order valence-corrected chi connectivity index (χ0v) is 26.8. The van der Waals surface area contributed by atoms with Crippen LogP contribution in [0, 0.1) is 10.1 Å². The predicted octanol–water partition coefficient (Wildman–Crippen LogP) is 7.58. The molecule has 264 valence electrons. The standard InChI is InChI=1S/C14H13NO4S.C13H10O2.C8H4F3NO4/c16-14(17)12-6-8-13(9-7-12)15-20(18,19)10-11-4-2-1-3-5-11;14-13(15)9-8-11-6-3-5-10-4-1-2-7-12(10)11;9-8(10,11)4-1-2-6(12(15)16)5(3-4)7(13)14/h1-9,15H,10H2,(H,16,17);1-9H,(H,14,15);1-3H,(H,13,14). The van der Waals surface area contributed by atoms with Crippen LogP contribution in [0.25, 0.3) is 16.8 Å². The van der Waals surface area contributed by atoms with Crippen LogP contribution >= 0.6 is 0 Å². The second kappa shape index (κ2) is 17.2. The number of nitro benzene ring substituents is 1. The maximum atomic E-state index is 12.2. The summed E-state index contributed by atoms with van der Waals surface area (Å²) in [5.74, 6) is -3.89. The molecular formula is C35H27F3N2O10S. The number of carbonyl (C=O) groups is 3. The van der Waals surface area contributed by atoms with Crippen molar-refractivity contribution in [2.45, 2.75) is 11.9 Å². The van der Waals surface area contributed by atoms with Gasteiger partial charge in [-0.05, 0) is 64.4 Å². The summed E-state index contributed by atoms with van der Waals surface area (Å²) in [4.78, 5) is 41.0. The number of nitrogens with zero attached hydrogens (tertiary/aromatic N) is 1. The Morgan fingerprint density at radius 3 is 1.96 bits per heavy atom. The van der Waals surface area contributed by atoms with E-state index in [0.717, 1.165) is 22.4 Å². The molecule has 5 aromatic carbocycles. The van der Waals surface area contributed by atoms with Gasteiger partial charge in [-0.3, -0.25) is 14.8 Å². The van der Waals surface area contributed by atoms with E-state index in [1.165, 1.54) is 24.3 Å². The van der Waals surface area contributed by atoms with Gasteiger partial charge in [0.15, 0.2) is 0 Å². The van der Waals surface area contributed by atoms with Gasteiger partial charge in [0.05, 0.1) is 21.8 Å². The van der Waals surface area contributed by atoms with Gasteiger partial charge in [-0.15, -0.1) is 0 Å². The number of alkyl halides is 3. The summed E-state index contributed by atoms with van der Waals surface area (Å²) in [6, 6.07) is 29.3. The number of hydrogen-bond donors (Lipinski definition) is 4. The number of aliphatic carboxylic acids is 1. The van der Waals surface area contributed by atoms with Crippen molar-refractivity contribution in [3.05, 3.63) is 159 Å². The fourth-order valence-electron chi connectivity index (χ4n) is 4.29. The molecule has 12 nitrogen and oxygen atoms in total. The van der Waals surface area contributed by atoms with E-state index in [4.69, 9.17) is 15.3 Å². The average Bonchev–Trinajstić information content (AvgIpc) is 3.07. The molecule has 5 aromatic rings. The molecule has 0 radical (unpaired) electrons. The molecule has 0 spiro atoms. The topological polar surface area (TPSA) is 201 Å². The third kappa shape index (κ3) is 12.1. The number of anilines is 1. The number of sulfonamides is 1. The minimum Gasteiger partial charge on any atom is -0.478 e. The van der Waals surface area contributed by atoms with Crippen molar-refractivity contribution in [1.82, 2.24) is 0 Å². The lowest BCUT2D eigenvalue weighted by molar-refractivity contribution is -0.385. The second-order valence-electron chi connectivity index (χ2n) is 10.3. The van der Waals surface area contributed by atoms with Crippen molar-refractivity contribution in [2.75, 3.05) is 4.72 Å². The highest BCUT2D eigenvalue weighted by atomic mass is 32.2. The quantitative estimate of drug-likeness (QED) is 0.0667. The molecule has 16 heteroatoms. The minimum atomic E-state index is -4.74. The molecule has 51 heavy (non-hydrogen) atoms. The number of carboxylic acid groups (broad SMARTS) is 3. The Morgan fingerprint density at radius 2 is 1.39 bits per heavy atom. The molecular weight excluding hydrogens is 697 g/mol. The van der Waals surface area contributed by atoms with Gasteiger partial charge < -0.3 is 15.3 Å². The van der Waals surface area contributed by atoms with Gasteiger partial charge in [0.2, 0.25) is 10.0 Å². The third-order valence-electron chi connectivity index (χ3n) is 6.58. The second-order valence-corrected chi connectivity index (χ2v) is 12.0. The van der Waals surface area contributed by atoms with Gasteiger partial charge in [-0.1, -0.05) is 72.8 Å². The van der Waals surface area contributed by atoms with Gasteiger partial charge in [0.25, 0.3) is 5.69 Å². The smallest absolute Gasteiger partial charge is 0.416 e. The first kappa shape index (κ1) is 38.9. The predicted molar refractivity (Wildman–Crippen MR) is 182 cm³/mol. The van der Waals surface area contributed by atoms with Crippen LogP contribution < -0.4 is 4.72 Å². The van der Waals surface area contributed by atoms with Gasteiger partial charge in [0, 0.05) is 17.8 Å². The van der Waals surface area contributed by atoms with E-state index >= 15 is 0 Å². The van der Waals surface area contributed by atoms with Crippen LogP contribution in [-0.2, 0) is 26.7 Å². The lowest BCUT2D eigenvalue weighted by Gasteiger charge is -2.08. The molecule has 0 unspecified atom stereocenters. The molecule has 0 bridgehead atoms. The highest BCUT2D eigenvalue weighted by Gasteiger charge is 2.33. The minimum absolute atomic E-state index is 0.107. The molecule has 5 rings (SSSR count). The highest BCUT2D eigenvalue weighted by Crippen LogP contribution is 2.32. The Kier molecular flexibility index (Phi) is 13.1. The van der Waals surface area contributed by atoms with Gasteiger partial charge >= 0.3 is 24.1 Å². The maximum Gasteiger partial charge on any atom is 0.416 e. The van der Waals surface area contributed by atoms with Crippen LogP contribution in [0.1, 0.15) is 37.4 Å². The molecule has 0 amide bonds. The van der Waals surface area contributed by atoms with E-state index in [-0.39, 0.29) is 17.4 Å². The first-order valence-electron chi connectivity index (χ1n) is 14.3. The largest absolute Gasteiger partial charge is 0.478 e. The number of rotatable bonds is 9. The lowest BCUT2D eigenvalue weighted by Crippen LogP contribution is -2.15. The van der Waals surface area contributed by atoms with E-state index in [1.54, 1.807) is 30.3 Å². The summed E-state index contributed by atoms with van der Waals surface area (Å²) in [6.07, 6.45) is -1.97. The summed E-state index contributed by atoms with van der Waals surface area (Å²) in [6.45, 7) is 0. The first-order valence-corrected chi connectivity index (χ1v) is 16.0. The summed E-state index contributed by atoms with van der Waals surface area (Å²) in [5.41, 5.74) is -1.05. The molecule has 0 fully saturated rings. The SMILES string of the molecule is O=C(O)C=Cc1cccc2ccccc12.O=C(O)c1cc(C(F)(F)F)ccc1[N+](=O)[O-].O=C(O)c1ccc(NS(=O)(=O)Cc2ccccc2)cc1. The molecule has 0 aromatic heterocycles. The Bertz CT molecular complexity index is 2170. The van der Waals surface area contributed by atoms with E-state index in [1.807, 2.05) is 48.5 Å². The van der Waals surface area contributed by atoms with Gasteiger partial charge in [-0.2, -0.15) is 13.2 Å². The number of nitro groups is 1. The fourth-order valence-corrected chi connectivity index (χ4v) is 5.49. The average molecular weight is 725 g/mol. The van der Waals surface area contributed by atoms with Crippen LogP contribution in [0.2, 0.25) is 0 Å². The molecule has 0 saturated heterocycles. The van der Waals surface area contributed by atoms with Crippen LogP contribution in [0.3, 0.4) is 0 Å². The monoisotopic (exact) mass is 724 g/mol. The van der Waals surface area contributed by atoms with Crippen LogP contribution in [0.5, 0.6) is 0 Å². The number of benzene rings is 5. The van der Waals surface area contributed by atoms with Crippen molar-refractivity contribution in [3.8, 4) is 0 Å². The number of halogens is 3. The molecule has 4 N–H and O–H groups in total. The van der Waals surface area contributed by atoms with Crippen molar-refractivity contribution in [3.63, 3.8) is 0 Å². The number of carboxylic acids is 3. The van der Waals surface area contributed by atoms with Crippen molar-refractivity contribution in [1.29, 1.82) is 0 Å². The zero-order chi connectivity index (χ0) is 37.8. The fraction of sp³-hybridized carbons (Fsp3) is 0.0571. The van der Waals surface area contributed by atoms with E-state index < -0.39 is 55.8 Å². The zero-order valence-electron chi connectivity index (χ0n) is 26.0. The van der Waals surface area contributed by atoms with E-state index in [2.05, 4.69) is 4.72 Å². The van der Waals surface area contributed by atoms with Crippen molar-refractivity contribution >= 4 is 56.2 Å². The maximum absolute atomic E-state index is 12.2. The van der Waals surface area contributed by atoms with Crippen LogP contribution in [-0.4, -0.2) is 46.6 Å². The lowest BCUT2D eigenvalue weighted by atomic mass is 10.0. The van der Waals surface area contributed by atoms with Gasteiger partial charge in [0.1, 0.15) is 5.56 Å². The molecule has 0 aliphatic heterocycles. The third-order valence-corrected chi connectivity index (χ3v) is 7.84. The normalized spacial score (nSPS) is 11.0. The van der Waals surface area contributed by atoms with Crippen LogP contribution in [0.15, 0.2) is 121 Å². The Balaban J connectivity index is 0.000000209. The first-order chi connectivity index (χ1) is 24.0. The number of hydrogen-bond acceptors (Lipinski definition) is 7. The van der Waals surface area contributed by atoms with Crippen molar-refractivity contribution in [2.24, 2.45) is 0 Å². The van der Waals surface area contributed by atoms with E-state index in [9.17, 15) is 46.1 Å². The molecule has 0 atom stereocenters. The molecule has 0 heterocycles. The number of nitrogens with one attached hydrogen (secondary N) is 1.